The smallest absolute Gasteiger partial charge is 0.220 e. The van der Waals surface area contributed by atoms with E-state index >= 15 is 0 Å². The van der Waals surface area contributed by atoms with Crippen LogP contribution in [0.3, 0.4) is 0 Å². The molecule has 1 aliphatic heterocycles. The fourth-order valence-electron chi connectivity index (χ4n) is 2.09. The number of aromatic nitrogens is 1. The summed E-state index contributed by atoms with van der Waals surface area (Å²) in [4.78, 5) is 0. The number of nitrogens with zero attached hydrogens (tertiary/aromatic N) is 2. The van der Waals surface area contributed by atoms with Gasteiger partial charge in [0.2, 0.25) is 10.0 Å². The lowest BCUT2D eigenvalue weighted by molar-refractivity contribution is 0.212. The van der Waals surface area contributed by atoms with E-state index in [1.54, 1.807) is 6.92 Å². The van der Waals surface area contributed by atoms with E-state index in [0.29, 0.717) is 5.76 Å². The highest BCUT2D eigenvalue weighted by Crippen LogP contribution is 2.25. The van der Waals surface area contributed by atoms with E-state index in [2.05, 4.69) is 5.16 Å². The zero-order valence-corrected chi connectivity index (χ0v) is 10.7. The SMILES string of the molecule is Cc1cc(CS(=O)(=O)N2C[C@@H](F)C[C@H]2CO)no1. The summed E-state index contributed by atoms with van der Waals surface area (Å²) in [5.74, 6) is 0.178. The molecule has 0 radical (unpaired) electrons. The van der Waals surface area contributed by atoms with Crippen LogP contribution >= 0.6 is 0 Å². The first-order valence-electron chi connectivity index (χ1n) is 5.59. The Bertz CT molecular complexity index is 516. The van der Waals surface area contributed by atoms with Crippen molar-refractivity contribution >= 4 is 10.0 Å². The molecule has 1 aromatic heterocycles. The van der Waals surface area contributed by atoms with Gasteiger partial charge in [0.25, 0.3) is 0 Å². The van der Waals surface area contributed by atoms with Gasteiger partial charge in [-0.1, -0.05) is 5.16 Å². The van der Waals surface area contributed by atoms with Crippen LogP contribution < -0.4 is 0 Å². The highest BCUT2D eigenvalue weighted by Gasteiger charge is 2.39. The lowest BCUT2D eigenvalue weighted by atomic mass is 10.2. The predicted octanol–water partition coefficient (Wildman–Crippen LogP) is 0.218. The largest absolute Gasteiger partial charge is 0.395 e. The van der Waals surface area contributed by atoms with Crippen molar-refractivity contribution in [1.82, 2.24) is 9.46 Å². The van der Waals surface area contributed by atoms with E-state index in [0.717, 1.165) is 4.31 Å². The second-order valence-corrected chi connectivity index (χ2v) is 6.35. The van der Waals surface area contributed by atoms with Crippen LogP contribution in [0.1, 0.15) is 17.9 Å². The zero-order valence-electron chi connectivity index (χ0n) is 9.91. The minimum absolute atomic E-state index is 0.0353. The van der Waals surface area contributed by atoms with Gasteiger partial charge in [0.1, 0.15) is 23.4 Å². The molecule has 0 unspecified atom stereocenters. The first kappa shape index (κ1) is 13.4. The third-order valence-corrected chi connectivity index (χ3v) is 4.71. The van der Waals surface area contributed by atoms with Crippen LogP contribution in [0.5, 0.6) is 0 Å². The molecule has 0 aliphatic carbocycles. The standard InChI is InChI=1S/C10H15FN2O4S/c1-7-2-9(12-17-7)6-18(15,16)13-4-8(11)3-10(13)5-14/h2,8,10,14H,3-6H2,1H3/t8-,10-/m0/s1. The van der Waals surface area contributed by atoms with Gasteiger partial charge in [-0.3, -0.25) is 0 Å². The molecule has 8 heteroatoms. The van der Waals surface area contributed by atoms with Crippen LogP contribution in [-0.2, 0) is 15.8 Å². The van der Waals surface area contributed by atoms with Crippen LogP contribution in [-0.4, -0.2) is 48.4 Å². The summed E-state index contributed by atoms with van der Waals surface area (Å²) in [6, 6.07) is 0.840. The number of aliphatic hydroxyl groups is 1. The molecule has 2 rings (SSSR count). The average molecular weight is 278 g/mol. The van der Waals surface area contributed by atoms with E-state index in [9.17, 15) is 12.8 Å². The summed E-state index contributed by atoms with van der Waals surface area (Å²) in [6.45, 7) is 1.08. The number of alkyl halides is 1. The van der Waals surface area contributed by atoms with E-state index in [4.69, 9.17) is 9.63 Å². The summed E-state index contributed by atoms with van der Waals surface area (Å²) < 4.78 is 43.2. The molecular formula is C10H15FN2O4S. The second kappa shape index (κ2) is 4.94. The minimum Gasteiger partial charge on any atom is -0.395 e. The first-order valence-corrected chi connectivity index (χ1v) is 7.20. The lowest BCUT2D eigenvalue weighted by Crippen LogP contribution is -2.38. The Balaban J connectivity index is 2.15. The maximum Gasteiger partial charge on any atom is 0.220 e. The Morgan fingerprint density at radius 3 is 2.94 bits per heavy atom. The number of hydrogen-bond acceptors (Lipinski definition) is 5. The van der Waals surface area contributed by atoms with Crippen LogP contribution in [0, 0.1) is 6.92 Å². The van der Waals surface area contributed by atoms with Gasteiger partial charge in [0.05, 0.1) is 12.6 Å². The van der Waals surface area contributed by atoms with Crippen LogP contribution in [0.2, 0.25) is 0 Å². The molecule has 6 nitrogen and oxygen atoms in total. The molecular weight excluding hydrogens is 263 g/mol. The third-order valence-electron chi connectivity index (χ3n) is 2.89. The number of aliphatic hydroxyl groups excluding tert-OH is 1. The average Bonchev–Trinajstić information content (AvgIpc) is 2.84. The summed E-state index contributed by atoms with van der Waals surface area (Å²) in [5, 5.41) is 12.7. The van der Waals surface area contributed by atoms with Gasteiger partial charge in [0, 0.05) is 12.6 Å². The zero-order chi connectivity index (χ0) is 13.3. The Morgan fingerprint density at radius 1 is 1.67 bits per heavy atom. The summed E-state index contributed by atoms with van der Waals surface area (Å²) in [7, 11) is -3.68. The van der Waals surface area contributed by atoms with Gasteiger partial charge < -0.3 is 9.63 Å². The Hall–Kier alpha value is -0.990. The van der Waals surface area contributed by atoms with Crippen molar-refractivity contribution in [1.29, 1.82) is 0 Å². The normalized spacial score (nSPS) is 25.7. The molecule has 1 N–H and O–H groups in total. The van der Waals surface area contributed by atoms with Crippen LogP contribution in [0.4, 0.5) is 4.39 Å². The highest BCUT2D eigenvalue weighted by atomic mass is 32.2. The number of halogens is 1. The number of sulfonamides is 1. The molecule has 18 heavy (non-hydrogen) atoms. The number of aryl methyl sites for hydroxylation is 1. The summed E-state index contributed by atoms with van der Waals surface area (Å²) >= 11 is 0. The Labute approximate surface area is 104 Å². The van der Waals surface area contributed by atoms with Gasteiger partial charge in [-0.25, -0.2) is 12.8 Å². The van der Waals surface area contributed by atoms with Crippen molar-refractivity contribution in [3.63, 3.8) is 0 Å². The molecule has 102 valence electrons. The summed E-state index contributed by atoms with van der Waals surface area (Å²) in [5.41, 5.74) is 0.284. The molecule has 2 heterocycles. The highest BCUT2D eigenvalue weighted by molar-refractivity contribution is 7.88. The van der Waals surface area contributed by atoms with E-state index in [-0.39, 0.29) is 31.0 Å². The van der Waals surface area contributed by atoms with Crippen molar-refractivity contribution in [2.24, 2.45) is 0 Å². The van der Waals surface area contributed by atoms with E-state index in [1.807, 2.05) is 0 Å². The molecule has 0 bridgehead atoms. The van der Waals surface area contributed by atoms with Gasteiger partial charge in [-0.15, -0.1) is 0 Å². The predicted molar refractivity (Wildman–Crippen MR) is 61.0 cm³/mol. The molecule has 0 saturated carbocycles. The fourth-order valence-corrected chi connectivity index (χ4v) is 3.77. The van der Waals surface area contributed by atoms with Gasteiger partial charge in [0.15, 0.2) is 0 Å². The molecule has 2 atom stereocenters. The monoisotopic (exact) mass is 278 g/mol. The fraction of sp³-hybridized carbons (Fsp3) is 0.700. The van der Waals surface area contributed by atoms with Crippen molar-refractivity contribution < 1.29 is 22.4 Å². The molecule has 1 fully saturated rings. The molecule has 0 aromatic carbocycles. The maximum atomic E-state index is 13.2. The maximum absolute atomic E-state index is 13.2. The minimum atomic E-state index is -3.68. The Kier molecular flexibility index (Phi) is 3.69. The lowest BCUT2D eigenvalue weighted by Gasteiger charge is -2.21. The molecule has 0 spiro atoms. The van der Waals surface area contributed by atoms with Gasteiger partial charge >= 0.3 is 0 Å². The molecule has 1 aliphatic rings. The molecule has 1 saturated heterocycles. The quantitative estimate of drug-likeness (QED) is 0.851. The topological polar surface area (TPSA) is 83.6 Å². The molecule has 1 aromatic rings. The van der Waals surface area contributed by atoms with Crippen molar-refractivity contribution in [3.05, 3.63) is 17.5 Å². The number of hydrogen-bond donors (Lipinski definition) is 1. The summed E-state index contributed by atoms with van der Waals surface area (Å²) in [6.07, 6.45) is -1.19. The second-order valence-electron chi connectivity index (χ2n) is 4.42. The first-order chi connectivity index (χ1) is 8.42. The van der Waals surface area contributed by atoms with Crippen molar-refractivity contribution in [3.8, 4) is 0 Å². The van der Waals surface area contributed by atoms with Crippen molar-refractivity contribution in [2.45, 2.75) is 31.3 Å². The van der Waals surface area contributed by atoms with E-state index < -0.39 is 22.2 Å². The van der Waals surface area contributed by atoms with Gasteiger partial charge in [-0.05, 0) is 13.3 Å². The van der Waals surface area contributed by atoms with Crippen LogP contribution in [0.25, 0.3) is 0 Å². The van der Waals surface area contributed by atoms with Gasteiger partial charge in [-0.2, -0.15) is 4.31 Å². The third kappa shape index (κ3) is 2.70. The van der Waals surface area contributed by atoms with Crippen LogP contribution in [0.15, 0.2) is 10.6 Å². The molecule has 0 amide bonds. The number of rotatable bonds is 4. The van der Waals surface area contributed by atoms with Crippen molar-refractivity contribution in [2.75, 3.05) is 13.2 Å². The Morgan fingerprint density at radius 2 is 2.39 bits per heavy atom. The van der Waals surface area contributed by atoms with E-state index in [1.165, 1.54) is 6.07 Å².